The fourth-order valence-electron chi connectivity index (χ4n) is 3.88. The number of carbonyl (C=O) groups excluding carboxylic acids is 1. The third-order valence-corrected chi connectivity index (χ3v) is 6.61. The van der Waals surface area contributed by atoms with Gasteiger partial charge in [-0.25, -0.2) is 5.43 Å². The molecule has 0 bridgehead atoms. The minimum absolute atomic E-state index is 0.160. The number of ether oxygens (including phenoxy) is 1. The van der Waals surface area contributed by atoms with Gasteiger partial charge in [0.1, 0.15) is 0 Å². The zero-order valence-electron chi connectivity index (χ0n) is 19.7. The highest BCUT2D eigenvalue weighted by Gasteiger charge is 2.17. The van der Waals surface area contributed by atoms with Crippen molar-refractivity contribution in [3.05, 3.63) is 90.5 Å². The molecule has 1 aliphatic rings. The van der Waals surface area contributed by atoms with Gasteiger partial charge in [-0.15, -0.1) is 10.2 Å². The summed E-state index contributed by atoms with van der Waals surface area (Å²) in [6.45, 7) is 3.29. The second-order valence-corrected chi connectivity index (χ2v) is 9.06. The topological polar surface area (TPSA) is 84.6 Å². The summed E-state index contributed by atoms with van der Waals surface area (Å²) in [7, 11) is 0. The quantitative estimate of drug-likeness (QED) is 0.224. The fraction of sp³-hybridized carbons (Fsp3) is 0.185. The van der Waals surface area contributed by atoms with Crippen LogP contribution in [0.3, 0.4) is 0 Å². The summed E-state index contributed by atoms with van der Waals surface area (Å²) in [5, 5.41) is 13.5. The molecule has 8 nitrogen and oxygen atoms in total. The van der Waals surface area contributed by atoms with Gasteiger partial charge in [-0.2, -0.15) is 5.10 Å². The van der Waals surface area contributed by atoms with Crippen molar-refractivity contribution in [1.29, 1.82) is 0 Å². The lowest BCUT2D eigenvalue weighted by atomic mass is 10.2. The second-order valence-electron chi connectivity index (χ2n) is 8.12. The summed E-state index contributed by atoms with van der Waals surface area (Å²) in [5.41, 5.74) is 6.56. The number of para-hydroxylation sites is 1. The van der Waals surface area contributed by atoms with E-state index in [1.54, 1.807) is 6.21 Å². The van der Waals surface area contributed by atoms with Crippen molar-refractivity contribution < 1.29 is 9.53 Å². The van der Waals surface area contributed by atoms with Crippen molar-refractivity contribution in [2.24, 2.45) is 5.10 Å². The molecule has 0 atom stereocenters. The maximum absolute atomic E-state index is 12.5. The van der Waals surface area contributed by atoms with Crippen LogP contribution in [0.4, 0.5) is 5.69 Å². The molecule has 36 heavy (non-hydrogen) atoms. The Balaban J connectivity index is 1.21. The van der Waals surface area contributed by atoms with Gasteiger partial charge in [0.25, 0.3) is 5.91 Å². The molecule has 0 spiro atoms. The van der Waals surface area contributed by atoms with Gasteiger partial charge in [0, 0.05) is 30.0 Å². The van der Waals surface area contributed by atoms with Gasteiger partial charge in [0.15, 0.2) is 11.0 Å². The van der Waals surface area contributed by atoms with Crippen LogP contribution >= 0.6 is 11.8 Å². The molecule has 0 unspecified atom stereocenters. The van der Waals surface area contributed by atoms with Crippen molar-refractivity contribution >= 4 is 29.6 Å². The van der Waals surface area contributed by atoms with E-state index >= 15 is 0 Å². The Hall–Kier alpha value is -3.95. The van der Waals surface area contributed by atoms with Crippen molar-refractivity contribution in [2.75, 3.05) is 37.0 Å². The smallest absolute Gasteiger partial charge is 0.250 e. The maximum Gasteiger partial charge on any atom is 0.250 e. The molecule has 1 fully saturated rings. The first kappa shape index (κ1) is 23.8. The summed E-state index contributed by atoms with van der Waals surface area (Å²) >= 11 is 1.32. The molecule has 1 saturated heterocycles. The largest absolute Gasteiger partial charge is 0.378 e. The van der Waals surface area contributed by atoms with Crippen LogP contribution in [0, 0.1) is 0 Å². The number of nitrogens with one attached hydrogen (secondary N) is 1. The number of hydrogen-bond acceptors (Lipinski definition) is 7. The molecule has 4 aromatic rings. The molecule has 1 aromatic heterocycles. The van der Waals surface area contributed by atoms with Crippen LogP contribution in [0.25, 0.3) is 17.1 Å². The van der Waals surface area contributed by atoms with E-state index in [1.165, 1.54) is 11.8 Å². The highest BCUT2D eigenvalue weighted by atomic mass is 32.2. The third kappa shape index (κ3) is 5.81. The molecule has 1 aliphatic heterocycles. The van der Waals surface area contributed by atoms with Crippen molar-refractivity contribution in [3.63, 3.8) is 0 Å². The molecule has 2 heterocycles. The predicted molar refractivity (Wildman–Crippen MR) is 143 cm³/mol. The normalized spacial score (nSPS) is 13.7. The van der Waals surface area contributed by atoms with Crippen LogP contribution in [0.1, 0.15) is 5.56 Å². The van der Waals surface area contributed by atoms with Gasteiger partial charge in [-0.3, -0.25) is 9.36 Å². The van der Waals surface area contributed by atoms with E-state index in [2.05, 4.69) is 37.8 Å². The van der Waals surface area contributed by atoms with E-state index in [0.29, 0.717) is 5.16 Å². The fourth-order valence-corrected chi connectivity index (χ4v) is 4.63. The molecule has 182 valence electrons. The monoisotopic (exact) mass is 498 g/mol. The van der Waals surface area contributed by atoms with E-state index in [1.807, 2.05) is 77.4 Å². The Morgan fingerprint density at radius 3 is 2.33 bits per heavy atom. The molecule has 1 amide bonds. The zero-order valence-corrected chi connectivity index (χ0v) is 20.5. The molecular formula is C27H26N6O2S. The summed E-state index contributed by atoms with van der Waals surface area (Å²) in [4.78, 5) is 14.8. The number of benzene rings is 3. The van der Waals surface area contributed by atoms with Gasteiger partial charge in [0.05, 0.1) is 25.2 Å². The van der Waals surface area contributed by atoms with Gasteiger partial charge >= 0.3 is 0 Å². The van der Waals surface area contributed by atoms with Crippen molar-refractivity contribution in [2.45, 2.75) is 5.16 Å². The van der Waals surface area contributed by atoms with Gasteiger partial charge in [-0.05, 0) is 29.8 Å². The average Bonchev–Trinajstić information content (AvgIpc) is 3.38. The zero-order chi connectivity index (χ0) is 24.6. The third-order valence-electron chi connectivity index (χ3n) is 5.68. The Kier molecular flexibility index (Phi) is 7.70. The predicted octanol–water partition coefficient (Wildman–Crippen LogP) is 4.01. The number of hydrazone groups is 1. The van der Waals surface area contributed by atoms with Gasteiger partial charge < -0.3 is 9.64 Å². The first-order valence-corrected chi connectivity index (χ1v) is 12.7. The van der Waals surface area contributed by atoms with Crippen LogP contribution in [-0.4, -0.2) is 58.9 Å². The molecular weight excluding hydrogens is 472 g/mol. The maximum atomic E-state index is 12.5. The van der Waals surface area contributed by atoms with E-state index < -0.39 is 0 Å². The Labute approximate surface area is 214 Å². The number of morpholine rings is 1. The van der Waals surface area contributed by atoms with Crippen LogP contribution in [-0.2, 0) is 9.53 Å². The second kappa shape index (κ2) is 11.7. The van der Waals surface area contributed by atoms with Crippen LogP contribution in [0.5, 0.6) is 0 Å². The lowest BCUT2D eigenvalue weighted by molar-refractivity contribution is -0.118. The molecule has 1 N–H and O–H groups in total. The van der Waals surface area contributed by atoms with Crippen molar-refractivity contribution in [1.82, 2.24) is 20.2 Å². The van der Waals surface area contributed by atoms with Crippen molar-refractivity contribution in [3.8, 4) is 17.1 Å². The SMILES string of the molecule is O=C(CSc1nnc(-c2ccccc2)n1-c1ccccc1)N/N=C\c1ccc(N2CCOCC2)cc1. The molecule has 9 heteroatoms. The minimum Gasteiger partial charge on any atom is -0.378 e. The summed E-state index contributed by atoms with van der Waals surface area (Å²) in [5.74, 6) is 0.667. The lowest BCUT2D eigenvalue weighted by Crippen LogP contribution is -2.36. The molecule has 3 aromatic carbocycles. The number of anilines is 1. The standard InChI is InChI=1S/C27H26N6O2S/c34-25(29-28-19-21-11-13-23(14-12-21)32-15-17-35-18-16-32)20-36-27-31-30-26(22-7-3-1-4-8-22)33(27)24-9-5-2-6-10-24/h1-14,19H,15-18,20H2,(H,29,34)/b28-19-. The highest BCUT2D eigenvalue weighted by Crippen LogP contribution is 2.27. The van der Waals surface area contributed by atoms with Crippen LogP contribution in [0.15, 0.2) is 95.2 Å². The van der Waals surface area contributed by atoms with Gasteiger partial charge in [0.2, 0.25) is 0 Å². The van der Waals surface area contributed by atoms with Gasteiger partial charge in [-0.1, -0.05) is 72.4 Å². The summed E-state index contributed by atoms with van der Waals surface area (Å²) in [6.07, 6.45) is 1.64. The summed E-state index contributed by atoms with van der Waals surface area (Å²) < 4.78 is 7.37. The lowest BCUT2D eigenvalue weighted by Gasteiger charge is -2.28. The summed E-state index contributed by atoms with van der Waals surface area (Å²) in [6, 6.07) is 27.9. The van der Waals surface area contributed by atoms with Crippen LogP contribution < -0.4 is 10.3 Å². The number of nitrogens with zero attached hydrogens (tertiary/aromatic N) is 5. The first-order chi connectivity index (χ1) is 17.8. The number of carbonyl (C=O) groups is 1. The molecule has 5 rings (SSSR count). The Morgan fingerprint density at radius 1 is 0.917 bits per heavy atom. The molecule has 0 saturated carbocycles. The molecule has 0 radical (unpaired) electrons. The minimum atomic E-state index is -0.218. The number of hydrogen-bond donors (Lipinski definition) is 1. The number of aromatic nitrogens is 3. The average molecular weight is 499 g/mol. The number of amides is 1. The van der Waals surface area contributed by atoms with E-state index in [9.17, 15) is 4.79 Å². The first-order valence-electron chi connectivity index (χ1n) is 11.7. The van der Waals surface area contributed by atoms with E-state index in [4.69, 9.17) is 4.74 Å². The highest BCUT2D eigenvalue weighted by molar-refractivity contribution is 7.99. The Morgan fingerprint density at radius 2 is 1.61 bits per heavy atom. The number of thioether (sulfide) groups is 1. The van der Waals surface area contributed by atoms with E-state index in [0.717, 1.165) is 54.6 Å². The van der Waals surface area contributed by atoms with E-state index in [-0.39, 0.29) is 11.7 Å². The van der Waals surface area contributed by atoms with Crippen LogP contribution in [0.2, 0.25) is 0 Å². The Bertz CT molecular complexity index is 1300. The number of rotatable bonds is 8. The molecule has 0 aliphatic carbocycles.